The molecule has 36 heavy (non-hydrogen) atoms. The van der Waals surface area contributed by atoms with E-state index in [9.17, 15) is 9.59 Å². The fourth-order valence-corrected chi connectivity index (χ4v) is 6.64. The molecule has 0 saturated carbocycles. The Morgan fingerprint density at radius 1 is 1.22 bits per heavy atom. The smallest absolute Gasteiger partial charge is 0.240 e. The van der Waals surface area contributed by atoms with Gasteiger partial charge < -0.3 is 5.32 Å². The van der Waals surface area contributed by atoms with Gasteiger partial charge in [-0.1, -0.05) is 58.4 Å². The first kappa shape index (κ1) is 26.5. The topological polar surface area (TPSA) is 67.2 Å². The van der Waals surface area contributed by atoms with Gasteiger partial charge in [-0.25, -0.2) is 4.68 Å². The Morgan fingerprint density at radius 2 is 1.97 bits per heavy atom. The molecule has 1 unspecified atom stereocenters. The van der Waals surface area contributed by atoms with Crippen molar-refractivity contribution in [2.45, 2.75) is 59.1 Å². The lowest BCUT2D eigenvalue weighted by Crippen LogP contribution is -2.43. The average Bonchev–Trinajstić information content (AvgIpc) is 3.42. The van der Waals surface area contributed by atoms with E-state index in [1.165, 1.54) is 10.4 Å². The van der Waals surface area contributed by atoms with E-state index in [2.05, 4.69) is 89.5 Å². The van der Waals surface area contributed by atoms with Crippen LogP contribution >= 0.6 is 23.1 Å². The van der Waals surface area contributed by atoms with Crippen molar-refractivity contribution < 1.29 is 9.59 Å². The van der Waals surface area contributed by atoms with Crippen LogP contribution in [0, 0.1) is 19.8 Å². The predicted octanol–water partition coefficient (Wildman–Crippen LogP) is 5.79. The number of aromatic nitrogens is 2. The number of hydrogen-bond acceptors (Lipinski definition) is 5. The van der Waals surface area contributed by atoms with Gasteiger partial charge in [-0.05, 0) is 42.8 Å². The maximum Gasteiger partial charge on any atom is 0.240 e. The fourth-order valence-electron chi connectivity index (χ4n) is 4.47. The molecule has 0 fully saturated rings. The lowest BCUT2D eigenvalue weighted by Gasteiger charge is -2.24. The van der Waals surface area contributed by atoms with Crippen molar-refractivity contribution in [3.8, 4) is 5.69 Å². The van der Waals surface area contributed by atoms with Crippen LogP contribution in [-0.4, -0.2) is 40.4 Å². The highest BCUT2D eigenvalue weighted by molar-refractivity contribution is 8.00. The van der Waals surface area contributed by atoms with Crippen LogP contribution in [0.5, 0.6) is 0 Å². The standard InChI is InChI=1S/C28H36N4O2S2/c1-17(2)14-29-22(33)15-31-23(34)16-36-25(21-9-8-12-35-21)24-26(28(5,6)7)30-32(27(24)31)20-11-10-18(3)13-19(20)4/h8-13,17,25H,14-16H2,1-7H3,(H,29,33). The van der Waals surface area contributed by atoms with E-state index in [-0.39, 0.29) is 29.0 Å². The number of nitrogens with one attached hydrogen (secondary N) is 1. The number of hydrogen-bond donors (Lipinski definition) is 1. The SMILES string of the molecule is Cc1ccc(-n2nc(C(C)(C)C)c3c2N(CC(=O)NCC(C)C)C(=O)CSC3c2cccs2)c(C)c1. The van der Waals surface area contributed by atoms with Crippen LogP contribution in [0.15, 0.2) is 35.7 Å². The van der Waals surface area contributed by atoms with Gasteiger partial charge in [-0.15, -0.1) is 23.1 Å². The first-order valence-electron chi connectivity index (χ1n) is 12.4. The van der Waals surface area contributed by atoms with Gasteiger partial charge >= 0.3 is 0 Å². The molecular formula is C28H36N4O2S2. The van der Waals surface area contributed by atoms with Crippen LogP contribution in [0.1, 0.15) is 67.1 Å². The van der Waals surface area contributed by atoms with E-state index in [4.69, 9.17) is 5.10 Å². The Labute approximate surface area is 222 Å². The zero-order chi connectivity index (χ0) is 26.2. The van der Waals surface area contributed by atoms with Crippen molar-refractivity contribution in [1.82, 2.24) is 15.1 Å². The molecule has 0 saturated heterocycles. The summed E-state index contributed by atoms with van der Waals surface area (Å²) in [5.41, 5.74) is 4.87. The van der Waals surface area contributed by atoms with Gasteiger partial charge in [0, 0.05) is 22.4 Å². The maximum absolute atomic E-state index is 13.6. The molecule has 1 aromatic carbocycles. The van der Waals surface area contributed by atoms with Crippen molar-refractivity contribution >= 4 is 40.7 Å². The molecule has 0 bridgehead atoms. The Morgan fingerprint density at radius 3 is 2.58 bits per heavy atom. The first-order chi connectivity index (χ1) is 17.0. The number of thioether (sulfide) groups is 1. The van der Waals surface area contributed by atoms with E-state index in [1.54, 1.807) is 28.0 Å². The quantitative estimate of drug-likeness (QED) is 0.443. The summed E-state index contributed by atoms with van der Waals surface area (Å²) >= 11 is 3.31. The Bertz CT molecular complexity index is 1260. The molecule has 6 nitrogen and oxygen atoms in total. The summed E-state index contributed by atoms with van der Waals surface area (Å²) in [6.45, 7) is 15.3. The molecule has 0 radical (unpaired) electrons. The second-order valence-corrected chi connectivity index (χ2v) is 13.0. The van der Waals surface area contributed by atoms with Gasteiger partial charge in [0.25, 0.3) is 0 Å². The summed E-state index contributed by atoms with van der Waals surface area (Å²) in [5, 5.41) is 10.2. The zero-order valence-corrected chi connectivity index (χ0v) is 23.8. The first-order valence-corrected chi connectivity index (χ1v) is 14.3. The Balaban J connectivity index is 1.97. The molecule has 192 valence electrons. The normalized spacial score (nSPS) is 16.3. The average molecular weight is 525 g/mol. The number of fused-ring (bicyclic) bond motifs is 1. The number of nitrogens with zero attached hydrogens (tertiary/aromatic N) is 3. The van der Waals surface area contributed by atoms with Crippen LogP contribution in [-0.2, 0) is 15.0 Å². The molecule has 2 amide bonds. The summed E-state index contributed by atoms with van der Waals surface area (Å²) in [6.07, 6.45) is 0. The highest BCUT2D eigenvalue weighted by Gasteiger charge is 2.40. The van der Waals surface area contributed by atoms with Crippen molar-refractivity contribution in [1.29, 1.82) is 0 Å². The monoisotopic (exact) mass is 524 g/mol. The minimum atomic E-state index is -0.261. The van der Waals surface area contributed by atoms with Gasteiger partial charge in [0.2, 0.25) is 11.8 Å². The van der Waals surface area contributed by atoms with E-state index in [0.29, 0.717) is 24.0 Å². The Kier molecular flexibility index (Phi) is 7.67. The van der Waals surface area contributed by atoms with Gasteiger partial charge in [-0.2, -0.15) is 5.10 Å². The number of carbonyl (C=O) groups is 2. The highest BCUT2D eigenvalue weighted by atomic mass is 32.2. The van der Waals surface area contributed by atoms with Crippen LogP contribution in [0.3, 0.4) is 0 Å². The molecule has 0 spiro atoms. The number of anilines is 1. The summed E-state index contributed by atoms with van der Waals surface area (Å²) in [4.78, 5) is 29.5. The highest BCUT2D eigenvalue weighted by Crippen LogP contribution is 2.49. The molecule has 0 aliphatic carbocycles. The lowest BCUT2D eigenvalue weighted by atomic mass is 9.88. The minimum Gasteiger partial charge on any atom is -0.354 e. The zero-order valence-electron chi connectivity index (χ0n) is 22.2. The number of carbonyl (C=O) groups excluding carboxylic acids is 2. The number of aryl methyl sites for hydroxylation is 2. The van der Waals surface area contributed by atoms with Crippen LogP contribution in [0.25, 0.3) is 5.69 Å². The predicted molar refractivity (Wildman–Crippen MR) is 151 cm³/mol. The molecule has 4 rings (SSSR count). The summed E-state index contributed by atoms with van der Waals surface area (Å²) < 4.78 is 1.91. The minimum absolute atomic E-state index is 0.0313. The summed E-state index contributed by atoms with van der Waals surface area (Å²) in [7, 11) is 0. The van der Waals surface area contributed by atoms with E-state index >= 15 is 0 Å². The molecule has 2 aromatic heterocycles. The largest absolute Gasteiger partial charge is 0.354 e. The van der Waals surface area contributed by atoms with E-state index in [1.807, 2.05) is 4.68 Å². The lowest BCUT2D eigenvalue weighted by molar-refractivity contribution is -0.123. The van der Waals surface area contributed by atoms with Crippen LogP contribution in [0.4, 0.5) is 5.82 Å². The second-order valence-electron chi connectivity index (χ2n) is 10.9. The molecule has 3 heterocycles. The summed E-state index contributed by atoms with van der Waals surface area (Å²) in [5.74, 6) is 1.10. The van der Waals surface area contributed by atoms with Crippen molar-refractivity contribution in [3.63, 3.8) is 0 Å². The molecule has 1 atom stereocenters. The van der Waals surface area contributed by atoms with Gasteiger partial charge in [0.1, 0.15) is 12.4 Å². The third kappa shape index (κ3) is 5.39. The summed E-state index contributed by atoms with van der Waals surface area (Å²) in [6, 6.07) is 10.4. The number of rotatable bonds is 6. The van der Waals surface area contributed by atoms with E-state index in [0.717, 1.165) is 22.5 Å². The molecule has 1 aliphatic heterocycles. The van der Waals surface area contributed by atoms with Crippen molar-refractivity contribution in [3.05, 3.63) is 63.0 Å². The number of amides is 2. The molecular weight excluding hydrogens is 488 g/mol. The number of benzene rings is 1. The van der Waals surface area contributed by atoms with Crippen molar-refractivity contribution in [2.75, 3.05) is 23.7 Å². The molecule has 1 N–H and O–H groups in total. The maximum atomic E-state index is 13.6. The molecule has 8 heteroatoms. The van der Waals surface area contributed by atoms with Gasteiger partial charge in [0.15, 0.2) is 0 Å². The van der Waals surface area contributed by atoms with E-state index < -0.39 is 0 Å². The number of thiophene rings is 1. The Hall–Kier alpha value is -2.58. The third-order valence-corrected chi connectivity index (χ3v) is 8.51. The van der Waals surface area contributed by atoms with Gasteiger partial charge in [0.05, 0.1) is 22.4 Å². The van der Waals surface area contributed by atoms with Crippen LogP contribution in [0.2, 0.25) is 0 Å². The second kappa shape index (κ2) is 10.4. The molecule has 1 aliphatic rings. The third-order valence-electron chi connectivity index (χ3n) is 6.19. The van der Waals surface area contributed by atoms with Crippen molar-refractivity contribution in [2.24, 2.45) is 5.92 Å². The fraction of sp³-hybridized carbons (Fsp3) is 0.464. The molecule has 3 aromatic rings. The van der Waals surface area contributed by atoms with Crippen LogP contribution < -0.4 is 10.2 Å². The van der Waals surface area contributed by atoms with Gasteiger partial charge in [-0.3, -0.25) is 14.5 Å².